The van der Waals surface area contributed by atoms with E-state index in [0.717, 1.165) is 11.1 Å². The zero-order valence-corrected chi connectivity index (χ0v) is 13.6. The van der Waals surface area contributed by atoms with Crippen LogP contribution in [0.3, 0.4) is 0 Å². The molecule has 3 rings (SSSR count). The van der Waals surface area contributed by atoms with E-state index in [9.17, 15) is 4.79 Å². The van der Waals surface area contributed by atoms with Gasteiger partial charge in [0.05, 0.1) is 0 Å². The number of amides is 1. The summed E-state index contributed by atoms with van der Waals surface area (Å²) in [5, 5.41) is 10.9. The maximum absolute atomic E-state index is 12.0. The van der Waals surface area contributed by atoms with Gasteiger partial charge in [0.1, 0.15) is 5.75 Å². The topological polar surface area (TPSA) is 77.2 Å². The lowest BCUT2D eigenvalue weighted by atomic mass is 10.2. The second kappa shape index (κ2) is 7.14. The molecule has 122 valence electrons. The van der Waals surface area contributed by atoms with Crippen LogP contribution in [-0.2, 0) is 4.79 Å². The summed E-state index contributed by atoms with van der Waals surface area (Å²) < 4.78 is 10.6. The number of hydrogen-bond acceptors (Lipinski definition) is 5. The third-order valence-electron chi connectivity index (χ3n) is 3.29. The Morgan fingerprint density at radius 3 is 2.71 bits per heavy atom. The molecule has 0 unspecified atom stereocenters. The van der Waals surface area contributed by atoms with Crippen LogP contribution in [0, 0.1) is 6.92 Å². The van der Waals surface area contributed by atoms with Crippen LogP contribution in [0.2, 0.25) is 5.02 Å². The minimum absolute atomic E-state index is 0.0953. The molecule has 2 aromatic carbocycles. The Hall–Kier alpha value is -2.86. The van der Waals surface area contributed by atoms with Gasteiger partial charge in [-0.25, -0.2) is 0 Å². The maximum atomic E-state index is 12.0. The van der Waals surface area contributed by atoms with Crippen molar-refractivity contribution in [3.8, 4) is 17.2 Å². The molecule has 0 saturated heterocycles. The van der Waals surface area contributed by atoms with Crippen molar-refractivity contribution >= 4 is 23.2 Å². The molecular weight excluding hydrogens is 330 g/mol. The number of ether oxygens (including phenoxy) is 1. The molecule has 6 nitrogen and oxygen atoms in total. The molecule has 0 spiro atoms. The molecular formula is C17H14ClN3O3. The monoisotopic (exact) mass is 343 g/mol. The summed E-state index contributed by atoms with van der Waals surface area (Å²) in [6.45, 7) is 1.78. The van der Waals surface area contributed by atoms with Crippen LogP contribution in [-0.4, -0.2) is 22.7 Å². The van der Waals surface area contributed by atoms with Crippen LogP contribution in [0.5, 0.6) is 5.75 Å². The first-order chi connectivity index (χ1) is 11.6. The fourth-order valence-corrected chi connectivity index (χ4v) is 2.32. The molecule has 0 bridgehead atoms. The minimum Gasteiger partial charge on any atom is -0.484 e. The largest absolute Gasteiger partial charge is 0.484 e. The lowest BCUT2D eigenvalue weighted by Crippen LogP contribution is -2.20. The van der Waals surface area contributed by atoms with Crippen LogP contribution < -0.4 is 10.1 Å². The molecule has 0 saturated carbocycles. The van der Waals surface area contributed by atoms with Crippen molar-refractivity contribution in [1.82, 2.24) is 10.2 Å². The first-order valence-electron chi connectivity index (χ1n) is 7.17. The Labute approximate surface area is 143 Å². The molecule has 1 N–H and O–H groups in total. The molecule has 0 aliphatic heterocycles. The zero-order valence-electron chi connectivity index (χ0n) is 12.8. The predicted molar refractivity (Wildman–Crippen MR) is 90.0 cm³/mol. The Morgan fingerprint density at radius 2 is 2.04 bits per heavy atom. The van der Waals surface area contributed by atoms with E-state index in [0.29, 0.717) is 22.4 Å². The summed E-state index contributed by atoms with van der Waals surface area (Å²) in [5.74, 6) is 0.750. The van der Waals surface area contributed by atoms with Crippen LogP contribution in [0.1, 0.15) is 5.56 Å². The van der Waals surface area contributed by atoms with E-state index in [1.54, 1.807) is 42.5 Å². The molecule has 7 heteroatoms. The molecule has 1 heterocycles. The van der Waals surface area contributed by atoms with E-state index in [4.69, 9.17) is 20.8 Å². The predicted octanol–water partition coefficient (Wildman–Crippen LogP) is 3.72. The lowest BCUT2D eigenvalue weighted by Gasteiger charge is -2.10. The number of anilines is 1. The van der Waals surface area contributed by atoms with Crippen molar-refractivity contribution in [2.24, 2.45) is 0 Å². The van der Waals surface area contributed by atoms with Gasteiger partial charge in [-0.2, -0.15) is 0 Å². The Kier molecular flexibility index (Phi) is 4.77. The van der Waals surface area contributed by atoms with Gasteiger partial charge >= 0.3 is 0 Å². The summed E-state index contributed by atoms with van der Waals surface area (Å²) in [4.78, 5) is 12.0. The van der Waals surface area contributed by atoms with Gasteiger partial charge in [0.2, 0.25) is 12.3 Å². The van der Waals surface area contributed by atoms with Gasteiger partial charge in [0.15, 0.2) is 6.61 Å². The van der Waals surface area contributed by atoms with E-state index in [2.05, 4.69) is 15.5 Å². The van der Waals surface area contributed by atoms with Gasteiger partial charge in [-0.05, 0) is 55.0 Å². The molecule has 1 aromatic heterocycles. The molecule has 0 radical (unpaired) electrons. The second-order valence-electron chi connectivity index (χ2n) is 5.06. The van der Waals surface area contributed by atoms with E-state index in [-0.39, 0.29) is 12.5 Å². The van der Waals surface area contributed by atoms with Gasteiger partial charge in [-0.1, -0.05) is 11.6 Å². The van der Waals surface area contributed by atoms with Gasteiger partial charge in [0.25, 0.3) is 5.91 Å². The SMILES string of the molecule is Cc1cc(Cl)ccc1NC(=O)COc1ccc(-c2nnco2)cc1. The van der Waals surface area contributed by atoms with E-state index in [1.807, 2.05) is 6.92 Å². The summed E-state index contributed by atoms with van der Waals surface area (Å²) in [5.41, 5.74) is 2.38. The van der Waals surface area contributed by atoms with Crippen LogP contribution in [0.25, 0.3) is 11.5 Å². The van der Waals surface area contributed by atoms with E-state index >= 15 is 0 Å². The van der Waals surface area contributed by atoms with Crippen molar-refractivity contribution in [1.29, 1.82) is 0 Å². The number of rotatable bonds is 5. The van der Waals surface area contributed by atoms with Gasteiger partial charge in [-0.15, -0.1) is 10.2 Å². The average molecular weight is 344 g/mol. The first kappa shape index (κ1) is 16.0. The molecule has 0 aliphatic rings. The van der Waals surface area contributed by atoms with Crippen LogP contribution >= 0.6 is 11.6 Å². The normalized spacial score (nSPS) is 10.4. The highest BCUT2D eigenvalue weighted by molar-refractivity contribution is 6.30. The number of carbonyl (C=O) groups is 1. The summed E-state index contributed by atoms with van der Waals surface area (Å²) in [6.07, 6.45) is 1.27. The Balaban J connectivity index is 1.56. The lowest BCUT2D eigenvalue weighted by molar-refractivity contribution is -0.118. The van der Waals surface area contributed by atoms with E-state index < -0.39 is 0 Å². The molecule has 24 heavy (non-hydrogen) atoms. The van der Waals surface area contributed by atoms with Crippen molar-refractivity contribution in [3.05, 3.63) is 59.4 Å². The average Bonchev–Trinajstić information content (AvgIpc) is 3.11. The Bertz CT molecular complexity index is 833. The Morgan fingerprint density at radius 1 is 1.25 bits per heavy atom. The summed E-state index contributed by atoms with van der Waals surface area (Å²) in [6, 6.07) is 12.3. The number of nitrogens with zero attached hydrogens (tertiary/aromatic N) is 2. The van der Waals surface area contributed by atoms with Crippen molar-refractivity contribution in [2.75, 3.05) is 11.9 Å². The fourth-order valence-electron chi connectivity index (χ4n) is 2.10. The molecule has 0 aliphatic carbocycles. The van der Waals surface area contributed by atoms with Gasteiger partial charge in [0, 0.05) is 16.3 Å². The maximum Gasteiger partial charge on any atom is 0.262 e. The van der Waals surface area contributed by atoms with E-state index in [1.165, 1.54) is 6.39 Å². The highest BCUT2D eigenvalue weighted by Gasteiger charge is 2.07. The molecule has 0 atom stereocenters. The zero-order chi connectivity index (χ0) is 16.9. The number of aromatic nitrogens is 2. The van der Waals surface area contributed by atoms with Crippen molar-refractivity contribution < 1.29 is 13.9 Å². The highest BCUT2D eigenvalue weighted by Crippen LogP contribution is 2.21. The minimum atomic E-state index is -0.249. The first-order valence-corrected chi connectivity index (χ1v) is 7.55. The summed E-state index contributed by atoms with van der Waals surface area (Å²) >= 11 is 5.89. The quantitative estimate of drug-likeness (QED) is 0.764. The number of halogens is 1. The number of benzene rings is 2. The smallest absolute Gasteiger partial charge is 0.262 e. The highest BCUT2D eigenvalue weighted by atomic mass is 35.5. The van der Waals surface area contributed by atoms with Gasteiger partial charge in [-0.3, -0.25) is 4.79 Å². The second-order valence-corrected chi connectivity index (χ2v) is 5.50. The number of hydrogen-bond donors (Lipinski definition) is 1. The van der Waals surface area contributed by atoms with Gasteiger partial charge < -0.3 is 14.5 Å². The van der Waals surface area contributed by atoms with Crippen molar-refractivity contribution in [2.45, 2.75) is 6.92 Å². The number of aryl methyl sites for hydroxylation is 1. The fraction of sp³-hybridized carbons (Fsp3) is 0.118. The number of nitrogens with one attached hydrogen (secondary N) is 1. The third-order valence-corrected chi connectivity index (χ3v) is 3.53. The van der Waals surface area contributed by atoms with Crippen molar-refractivity contribution in [3.63, 3.8) is 0 Å². The molecule has 1 amide bonds. The molecule has 3 aromatic rings. The van der Waals surface area contributed by atoms with Crippen LogP contribution in [0.4, 0.5) is 5.69 Å². The number of carbonyl (C=O) groups excluding carboxylic acids is 1. The summed E-state index contributed by atoms with van der Waals surface area (Å²) in [7, 11) is 0. The van der Waals surface area contributed by atoms with Crippen LogP contribution in [0.15, 0.2) is 53.3 Å². The third kappa shape index (κ3) is 3.91. The molecule has 0 fully saturated rings. The standard InChI is InChI=1S/C17H14ClN3O3/c1-11-8-13(18)4-7-15(11)20-16(22)9-23-14-5-2-12(3-6-14)17-21-19-10-24-17/h2-8,10H,9H2,1H3,(H,20,22).